The Bertz CT molecular complexity index is 459. The van der Waals surface area contributed by atoms with Crippen LogP contribution in [-0.4, -0.2) is 6.54 Å². The molecule has 1 N–H and O–H groups in total. The summed E-state index contributed by atoms with van der Waals surface area (Å²) in [6.07, 6.45) is 10.2. The second kappa shape index (κ2) is 8.38. The van der Waals surface area contributed by atoms with Crippen molar-refractivity contribution in [2.75, 3.05) is 6.54 Å². The van der Waals surface area contributed by atoms with Gasteiger partial charge in [-0.1, -0.05) is 56.7 Å². The van der Waals surface area contributed by atoms with Crippen LogP contribution in [0.2, 0.25) is 0 Å². The van der Waals surface area contributed by atoms with Gasteiger partial charge in [-0.25, -0.2) is 0 Å². The van der Waals surface area contributed by atoms with Gasteiger partial charge in [-0.2, -0.15) is 0 Å². The first kappa shape index (κ1) is 16.3. The predicted molar refractivity (Wildman–Crippen MR) is 92.6 cm³/mol. The first-order valence-corrected chi connectivity index (χ1v) is 8.69. The van der Waals surface area contributed by atoms with Crippen molar-refractivity contribution >= 4 is 0 Å². The number of nitrogens with one attached hydrogen (secondary N) is 1. The molecule has 0 aromatic heterocycles. The number of hydrogen-bond acceptors (Lipinski definition) is 1. The molecule has 1 nitrogen and oxygen atoms in total. The lowest BCUT2D eigenvalue weighted by molar-refractivity contribution is 0.526. The van der Waals surface area contributed by atoms with Gasteiger partial charge in [0, 0.05) is 6.04 Å². The molecule has 1 heteroatoms. The van der Waals surface area contributed by atoms with Gasteiger partial charge in [0.25, 0.3) is 0 Å². The molecule has 0 fully saturated rings. The Hall–Kier alpha value is -1.08. The number of allylic oxidation sites excluding steroid dienone is 1. The highest BCUT2D eigenvalue weighted by atomic mass is 14.9. The van der Waals surface area contributed by atoms with E-state index in [1.54, 1.807) is 5.57 Å². The van der Waals surface area contributed by atoms with Gasteiger partial charge in [-0.3, -0.25) is 0 Å². The minimum atomic E-state index is 0.478. The fraction of sp³-hybridized carbons (Fsp3) is 0.600. The summed E-state index contributed by atoms with van der Waals surface area (Å²) in [5.41, 5.74) is 4.59. The van der Waals surface area contributed by atoms with Crippen LogP contribution in [-0.2, 0) is 6.42 Å². The quantitative estimate of drug-likeness (QED) is 0.659. The molecule has 116 valence electrons. The summed E-state index contributed by atoms with van der Waals surface area (Å²) in [5.74, 6) is 0.721. The van der Waals surface area contributed by atoms with E-state index in [1.807, 2.05) is 0 Å². The second-order valence-corrected chi connectivity index (χ2v) is 6.77. The van der Waals surface area contributed by atoms with Crippen molar-refractivity contribution in [3.05, 3.63) is 47.0 Å². The van der Waals surface area contributed by atoms with Gasteiger partial charge in [0.2, 0.25) is 0 Å². The Morgan fingerprint density at radius 3 is 2.67 bits per heavy atom. The summed E-state index contributed by atoms with van der Waals surface area (Å²) in [6.45, 7) is 7.83. The van der Waals surface area contributed by atoms with E-state index < -0.39 is 0 Å². The van der Waals surface area contributed by atoms with Gasteiger partial charge >= 0.3 is 0 Å². The lowest BCUT2D eigenvalue weighted by Crippen LogP contribution is -2.22. The number of benzene rings is 1. The summed E-state index contributed by atoms with van der Waals surface area (Å²) < 4.78 is 0. The van der Waals surface area contributed by atoms with Crippen LogP contribution in [0.3, 0.4) is 0 Å². The average Bonchev–Trinajstić information content (AvgIpc) is 2.47. The zero-order valence-electron chi connectivity index (χ0n) is 14.0. The molecule has 1 unspecified atom stereocenters. The molecule has 1 atom stereocenters. The third-order valence-electron chi connectivity index (χ3n) is 4.30. The van der Waals surface area contributed by atoms with Crippen LogP contribution >= 0.6 is 0 Å². The first-order chi connectivity index (χ1) is 10.2. The maximum atomic E-state index is 3.69. The standard InChI is InChI=1S/C20H31N/c1-4-21-20(15-17-9-6-5-7-10-17)19-12-8-11-18(14-19)13-16(2)3/h8-9,11-12,14,16,20-21H,4-7,10,13,15H2,1-3H3. The monoisotopic (exact) mass is 285 g/mol. The minimum absolute atomic E-state index is 0.478. The van der Waals surface area contributed by atoms with Crippen LogP contribution in [0.15, 0.2) is 35.9 Å². The van der Waals surface area contributed by atoms with E-state index in [4.69, 9.17) is 0 Å². The first-order valence-electron chi connectivity index (χ1n) is 8.69. The van der Waals surface area contributed by atoms with Gasteiger partial charge in [0.05, 0.1) is 0 Å². The van der Waals surface area contributed by atoms with E-state index in [-0.39, 0.29) is 0 Å². The Kier molecular flexibility index (Phi) is 6.50. The zero-order chi connectivity index (χ0) is 15.1. The lowest BCUT2D eigenvalue weighted by atomic mass is 9.90. The fourth-order valence-corrected chi connectivity index (χ4v) is 3.31. The van der Waals surface area contributed by atoms with E-state index in [1.165, 1.54) is 49.7 Å². The van der Waals surface area contributed by atoms with Crippen LogP contribution in [0.1, 0.15) is 70.0 Å². The molecule has 0 spiro atoms. The average molecular weight is 285 g/mol. The van der Waals surface area contributed by atoms with Crippen molar-refractivity contribution in [2.45, 2.75) is 65.3 Å². The Labute approximate surface area is 130 Å². The van der Waals surface area contributed by atoms with Crippen molar-refractivity contribution in [3.8, 4) is 0 Å². The third-order valence-corrected chi connectivity index (χ3v) is 4.30. The topological polar surface area (TPSA) is 12.0 Å². The predicted octanol–water partition coefficient (Wildman–Crippen LogP) is 5.43. The Balaban J connectivity index is 2.11. The molecule has 0 saturated heterocycles. The molecule has 2 rings (SSSR count). The molecule has 1 aliphatic rings. The Morgan fingerprint density at radius 2 is 2.00 bits per heavy atom. The molecule has 0 saturated carbocycles. The maximum absolute atomic E-state index is 3.69. The molecular weight excluding hydrogens is 254 g/mol. The van der Waals surface area contributed by atoms with E-state index in [0.717, 1.165) is 12.5 Å². The molecule has 21 heavy (non-hydrogen) atoms. The fourth-order valence-electron chi connectivity index (χ4n) is 3.31. The van der Waals surface area contributed by atoms with E-state index in [0.29, 0.717) is 6.04 Å². The van der Waals surface area contributed by atoms with Crippen LogP contribution in [0.25, 0.3) is 0 Å². The third kappa shape index (κ3) is 5.32. The highest BCUT2D eigenvalue weighted by Crippen LogP contribution is 2.28. The molecule has 0 bridgehead atoms. The van der Waals surface area contributed by atoms with Crippen LogP contribution in [0, 0.1) is 5.92 Å². The zero-order valence-corrected chi connectivity index (χ0v) is 14.0. The summed E-state index contributed by atoms with van der Waals surface area (Å²) in [4.78, 5) is 0. The smallest absolute Gasteiger partial charge is 0.0357 e. The highest BCUT2D eigenvalue weighted by molar-refractivity contribution is 5.28. The molecule has 0 amide bonds. The van der Waals surface area contributed by atoms with Crippen LogP contribution in [0.5, 0.6) is 0 Å². The molecule has 0 radical (unpaired) electrons. The minimum Gasteiger partial charge on any atom is -0.310 e. The van der Waals surface area contributed by atoms with Gasteiger partial charge in [-0.05, 0) is 62.1 Å². The lowest BCUT2D eigenvalue weighted by Gasteiger charge is -2.22. The van der Waals surface area contributed by atoms with Crippen molar-refractivity contribution in [3.63, 3.8) is 0 Å². The largest absolute Gasteiger partial charge is 0.310 e. The summed E-state index contributed by atoms with van der Waals surface area (Å²) in [5, 5.41) is 3.69. The van der Waals surface area contributed by atoms with Crippen molar-refractivity contribution < 1.29 is 0 Å². The molecule has 0 aliphatic heterocycles. The van der Waals surface area contributed by atoms with Crippen molar-refractivity contribution in [1.29, 1.82) is 0 Å². The Morgan fingerprint density at radius 1 is 1.14 bits per heavy atom. The van der Waals surface area contributed by atoms with Gasteiger partial charge in [0.15, 0.2) is 0 Å². The second-order valence-electron chi connectivity index (χ2n) is 6.77. The molecule has 1 aliphatic carbocycles. The van der Waals surface area contributed by atoms with E-state index >= 15 is 0 Å². The molecule has 1 aromatic rings. The summed E-state index contributed by atoms with van der Waals surface area (Å²) in [7, 11) is 0. The summed E-state index contributed by atoms with van der Waals surface area (Å²) in [6, 6.07) is 9.68. The molecule has 1 aromatic carbocycles. The number of hydrogen-bond donors (Lipinski definition) is 1. The van der Waals surface area contributed by atoms with Crippen LogP contribution in [0.4, 0.5) is 0 Å². The highest BCUT2D eigenvalue weighted by Gasteiger charge is 2.14. The normalized spacial score (nSPS) is 16.9. The van der Waals surface area contributed by atoms with Gasteiger partial charge < -0.3 is 5.32 Å². The summed E-state index contributed by atoms with van der Waals surface area (Å²) >= 11 is 0. The van der Waals surface area contributed by atoms with E-state index in [9.17, 15) is 0 Å². The van der Waals surface area contributed by atoms with E-state index in [2.05, 4.69) is 56.4 Å². The van der Waals surface area contributed by atoms with Crippen molar-refractivity contribution in [2.24, 2.45) is 5.92 Å². The SMILES string of the molecule is CCNC(CC1=CCCCC1)c1cccc(CC(C)C)c1. The van der Waals surface area contributed by atoms with Crippen LogP contribution < -0.4 is 5.32 Å². The number of rotatable bonds is 7. The maximum Gasteiger partial charge on any atom is 0.0357 e. The van der Waals surface area contributed by atoms with Gasteiger partial charge in [0.1, 0.15) is 0 Å². The molecule has 0 heterocycles. The molecular formula is C20H31N. The van der Waals surface area contributed by atoms with Gasteiger partial charge in [-0.15, -0.1) is 0 Å². The van der Waals surface area contributed by atoms with Crippen molar-refractivity contribution in [1.82, 2.24) is 5.32 Å².